The van der Waals surface area contributed by atoms with Crippen LogP contribution in [0.5, 0.6) is 0 Å². The average molecular weight is 203 g/mol. The zero-order chi connectivity index (χ0) is 9.80. The molecule has 0 aromatic heterocycles. The summed E-state index contributed by atoms with van der Waals surface area (Å²) >= 11 is 5.79. The van der Waals surface area contributed by atoms with Crippen molar-refractivity contribution < 1.29 is 0 Å². The summed E-state index contributed by atoms with van der Waals surface area (Å²) in [7, 11) is 0. The maximum absolute atomic E-state index is 5.79. The molecule has 0 aliphatic heterocycles. The van der Waals surface area contributed by atoms with E-state index in [4.69, 9.17) is 11.6 Å². The second-order valence-electron chi connectivity index (χ2n) is 3.20. The van der Waals surface area contributed by atoms with Gasteiger partial charge >= 0.3 is 0 Å². The van der Waals surface area contributed by atoms with Crippen LogP contribution in [-0.2, 0) is 5.88 Å². The minimum atomic E-state index is 0.570. The molecule has 0 nitrogen and oxygen atoms in total. The normalized spacial score (nSPS) is 10.1. The summed E-state index contributed by atoms with van der Waals surface area (Å²) in [5, 5.41) is 0. The predicted octanol–water partition coefficient (Wildman–Crippen LogP) is 4.09. The van der Waals surface area contributed by atoms with Crippen molar-refractivity contribution in [3.8, 4) is 11.1 Å². The second kappa shape index (κ2) is 4.30. The van der Waals surface area contributed by atoms with Gasteiger partial charge in [-0.05, 0) is 22.8 Å². The minimum Gasteiger partial charge on any atom is -0.122 e. The van der Waals surface area contributed by atoms with Crippen molar-refractivity contribution in [3.05, 3.63) is 60.2 Å². The second-order valence-corrected chi connectivity index (χ2v) is 3.47. The lowest BCUT2D eigenvalue weighted by Crippen LogP contribution is -1.80. The molecule has 0 bridgehead atoms. The number of rotatable bonds is 2. The highest BCUT2D eigenvalue weighted by Gasteiger charge is 1.96. The van der Waals surface area contributed by atoms with Gasteiger partial charge in [0.1, 0.15) is 0 Å². The van der Waals surface area contributed by atoms with Gasteiger partial charge in [-0.3, -0.25) is 0 Å². The van der Waals surface area contributed by atoms with Crippen LogP contribution >= 0.6 is 11.6 Å². The molecule has 0 aliphatic rings. The lowest BCUT2D eigenvalue weighted by molar-refractivity contribution is 1.40. The van der Waals surface area contributed by atoms with Gasteiger partial charge in [0.15, 0.2) is 0 Å². The summed E-state index contributed by atoms with van der Waals surface area (Å²) < 4.78 is 0. The molecule has 70 valence electrons. The van der Waals surface area contributed by atoms with Gasteiger partial charge in [0.25, 0.3) is 0 Å². The standard InChI is InChI=1S/C13H11Cl/c14-10-11-5-4-8-13(9-11)12-6-2-1-3-7-12/h1-9H,10H2. The van der Waals surface area contributed by atoms with Crippen molar-refractivity contribution in [1.29, 1.82) is 0 Å². The molecule has 2 aromatic carbocycles. The van der Waals surface area contributed by atoms with E-state index in [9.17, 15) is 0 Å². The Kier molecular flexibility index (Phi) is 2.85. The Balaban J connectivity index is 2.42. The molecule has 0 saturated carbocycles. The van der Waals surface area contributed by atoms with Crippen LogP contribution in [0.1, 0.15) is 5.56 Å². The zero-order valence-electron chi connectivity index (χ0n) is 7.78. The van der Waals surface area contributed by atoms with Crippen molar-refractivity contribution in [2.75, 3.05) is 0 Å². The molecule has 0 amide bonds. The van der Waals surface area contributed by atoms with Crippen molar-refractivity contribution in [3.63, 3.8) is 0 Å². The monoisotopic (exact) mass is 202 g/mol. The fraction of sp³-hybridized carbons (Fsp3) is 0.0769. The van der Waals surface area contributed by atoms with Gasteiger partial charge in [0, 0.05) is 5.88 Å². The fourth-order valence-electron chi connectivity index (χ4n) is 1.46. The number of benzene rings is 2. The predicted molar refractivity (Wildman–Crippen MR) is 61.4 cm³/mol. The Morgan fingerprint density at radius 1 is 0.786 bits per heavy atom. The molecule has 0 atom stereocenters. The van der Waals surface area contributed by atoms with Crippen LogP contribution in [0.4, 0.5) is 0 Å². The molecule has 1 heteroatoms. The van der Waals surface area contributed by atoms with E-state index in [0.717, 1.165) is 5.56 Å². The van der Waals surface area contributed by atoms with Crippen LogP contribution in [-0.4, -0.2) is 0 Å². The van der Waals surface area contributed by atoms with E-state index in [1.807, 2.05) is 30.3 Å². The molecule has 0 spiro atoms. The Morgan fingerprint density at radius 3 is 2.21 bits per heavy atom. The zero-order valence-corrected chi connectivity index (χ0v) is 8.54. The quantitative estimate of drug-likeness (QED) is 0.644. The summed E-state index contributed by atoms with van der Waals surface area (Å²) in [6.07, 6.45) is 0. The van der Waals surface area contributed by atoms with Crippen molar-refractivity contribution in [1.82, 2.24) is 0 Å². The molecular weight excluding hydrogens is 192 g/mol. The Morgan fingerprint density at radius 2 is 1.50 bits per heavy atom. The van der Waals surface area contributed by atoms with E-state index in [1.54, 1.807) is 0 Å². The van der Waals surface area contributed by atoms with Gasteiger partial charge in [-0.25, -0.2) is 0 Å². The van der Waals surface area contributed by atoms with Gasteiger partial charge in [-0.15, -0.1) is 11.6 Å². The van der Waals surface area contributed by atoms with E-state index in [2.05, 4.69) is 24.3 Å². The first-order valence-electron chi connectivity index (χ1n) is 4.60. The molecule has 14 heavy (non-hydrogen) atoms. The van der Waals surface area contributed by atoms with Crippen LogP contribution in [0, 0.1) is 0 Å². The number of halogens is 1. The molecule has 0 N–H and O–H groups in total. The van der Waals surface area contributed by atoms with Gasteiger partial charge < -0.3 is 0 Å². The molecule has 0 heterocycles. The minimum absolute atomic E-state index is 0.570. The van der Waals surface area contributed by atoms with E-state index < -0.39 is 0 Å². The topological polar surface area (TPSA) is 0 Å². The van der Waals surface area contributed by atoms with E-state index in [0.29, 0.717) is 5.88 Å². The molecule has 0 unspecified atom stereocenters. The maximum atomic E-state index is 5.79. The maximum Gasteiger partial charge on any atom is 0.0474 e. The highest BCUT2D eigenvalue weighted by atomic mass is 35.5. The van der Waals surface area contributed by atoms with Gasteiger partial charge in [-0.2, -0.15) is 0 Å². The van der Waals surface area contributed by atoms with Gasteiger partial charge in [-0.1, -0.05) is 48.5 Å². The summed E-state index contributed by atoms with van der Waals surface area (Å²) in [5.41, 5.74) is 3.62. The smallest absolute Gasteiger partial charge is 0.0474 e. The van der Waals surface area contributed by atoms with Crippen LogP contribution in [0.25, 0.3) is 11.1 Å². The first-order valence-corrected chi connectivity index (χ1v) is 5.14. The Labute approximate surface area is 89.2 Å². The third-order valence-electron chi connectivity index (χ3n) is 2.19. The van der Waals surface area contributed by atoms with Crippen molar-refractivity contribution in [2.24, 2.45) is 0 Å². The molecule has 0 saturated heterocycles. The summed E-state index contributed by atoms with van der Waals surface area (Å²) in [6.45, 7) is 0. The highest BCUT2D eigenvalue weighted by molar-refractivity contribution is 6.17. The van der Waals surface area contributed by atoms with Gasteiger partial charge in [0.05, 0.1) is 0 Å². The summed E-state index contributed by atoms with van der Waals surface area (Å²) in [6, 6.07) is 18.6. The van der Waals surface area contributed by atoms with Crippen molar-refractivity contribution >= 4 is 11.6 Å². The SMILES string of the molecule is ClCc1cccc(-c2ccccc2)c1. The fourth-order valence-corrected chi connectivity index (χ4v) is 1.63. The Bertz CT molecular complexity index is 407. The van der Waals surface area contributed by atoms with Crippen molar-refractivity contribution in [2.45, 2.75) is 5.88 Å². The van der Waals surface area contributed by atoms with Gasteiger partial charge in [0.2, 0.25) is 0 Å². The first kappa shape index (κ1) is 9.29. The van der Waals surface area contributed by atoms with Crippen LogP contribution in [0.2, 0.25) is 0 Å². The molecular formula is C13H11Cl. The molecule has 0 aliphatic carbocycles. The number of alkyl halides is 1. The van der Waals surface area contributed by atoms with Crippen LogP contribution in [0.15, 0.2) is 54.6 Å². The lowest BCUT2D eigenvalue weighted by atomic mass is 10.0. The summed E-state index contributed by atoms with van der Waals surface area (Å²) in [4.78, 5) is 0. The number of hydrogen-bond acceptors (Lipinski definition) is 0. The largest absolute Gasteiger partial charge is 0.122 e. The van der Waals surface area contributed by atoms with E-state index in [-0.39, 0.29) is 0 Å². The summed E-state index contributed by atoms with van der Waals surface area (Å²) in [5.74, 6) is 0.570. The van der Waals surface area contributed by atoms with Crippen LogP contribution in [0.3, 0.4) is 0 Å². The Hall–Kier alpha value is -1.27. The first-order chi connectivity index (χ1) is 6.90. The third kappa shape index (κ3) is 1.97. The molecule has 2 aromatic rings. The number of hydrogen-bond donors (Lipinski definition) is 0. The molecule has 0 radical (unpaired) electrons. The lowest BCUT2D eigenvalue weighted by Gasteiger charge is -2.02. The third-order valence-corrected chi connectivity index (χ3v) is 2.50. The molecule has 2 rings (SSSR count). The van der Waals surface area contributed by atoms with E-state index in [1.165, 1.54) is 11.1 Å². The molecule has 0 fully saturated rings. The van der Waals surface area contributed by atoms with E-state index >= 15 is 0 Å². The average Bonchev–Trinajstić information content (AvgIpc) is 2.30. The highest BCUT2D eigenvalue weighted by Crippen LogP contribution is 2.20. The van der Waals surface area contributed by atoms with Crippen LogP contribution < -0.4 is 0 Å².